The van der Waals surface area contributed by atoms with Gasteiger partial charge in [0.1, 0.15) is 0 Å². The molecule has 4 rings (SSSR count). The summed E-state index contributed by atoms with van der Waals surface area (Å²) in [6.07, 6.45) is 1.10. The molecular formula is C22H23N3O2S. The summed E-state index contributed by atoms with van der Waals surface area (Å²) in [5.74, 6) is -0.234. The number of hydrogen-bond donors (Lipinski definition) is 0. The quantitative estimate of drug-likeness (QED) is 0.641. The monoisotopic (exact) mass is 393 g/mol. The third kappa shape index (κ3) is 3.78. The van der Waals surface area contributed by atoms with Gasteiger partial charge in [-0.3, -0.25) is 14.5 Å². The average Bonchev–Trinajstić information content (AvgIpc) is 3.31. The van der Waals surface area contributed by atoms with E-state index in [4.69, 9.17) is 0 Å². The Morgan fingerprint density at radius 2 is 1.93 bits per heavy atom. The van der Waals surface area contributed by atoms with Crippen LogP contribution < -0.4 is 4.90 Å². The van der Waals surface area contributed by atoms with E-state index in [9.17, 15) is 9.59 Å². The fraction of sp³-hybridized carbons (Fsp3) is 0.318. The fourth-order valence-corrected chi connectivity index (χ4v) is 4.68. The number of hydrogen-bond acceptors (Lipinski definition) is 4. The zero-order chi connectivity index (χ0) is 19.5. The van der Waals surface area contributed by atoms with Crippen LogP contribution in [0.1, 0.15) is 18.9 Å². The van der Waals surface area contributed by atoms with E-state index in [2.05, 4.69) is 17.1 Å². The van der Waals surface area contributed by atoms with Crippen LogP contribution in [-0.4, -0.2) is 41.3 Å². The number of amides is 2. The maximum atomic E-state index is 13.1. The highest BCUT2D eigenvalue weighted by atomic mass is 32.1. The van der Waals surface area contributed by atoms with E-state index in [-0.39, 0.29) is 24.2 Å². The molecule has 5 nitrogen and oxygen atoms in total. The Morgan fingerprint density at radius 1 is 1.18 bits per heavy atom. The number of fused-ring (bicyclic) bond motifs is 1. The number of aromatic nitrogens is 1. The second-order valence-corrected chi connectivity index (χ2v) is 8.03. The first-order chi connectivity index (χ1) is 13.7. The first kappa shape index (κ1) is 18.6. The van der Waals surface area contributed by atoms with Gasteiger partial charge in [0.25, 0.3) is 0 Å². The lowest BCUT2D eigenvalue weighted by molar-refractivity contribution is -0.128. The summed E-state index contributed by atoms with van der Waals surface area (Å²) in [5, 5.41) is 0.712. The third-order valence-corrected chi connectivity index (χ3v) is 6.23. The smallest absolute Gasteiger partial charge is 0.234 e. The van der Waals surface area contributed by atoms with Crippen LogP contribution in [0.15, 0.2) is 54.6 Å². The Hall–Kier alpha value is -2.73. The van der Waals surface area contributed by atoms with Crippen molar-refractivity contribution in [2.45, 2.75) is 19.8 Å². The number of nitrogens with zero attached hydrogens (tertiary/aromatic N) is 3. The van der Waals surface area contributed by atoms with Gasteiger partial charge in [-0.05, 0) is 31.0 Å². The molecule has 28 heavy (non-hydrogen) atoms. The number of carbonyl (C=O) groups is 2. The summed E-state index contributed by atoms with van der Waals surface area (Å²) < 4.78 is 1.07. The zero-order valence-electron chi connectivity index (χ0n) is 15.9. The van der Waals surface area contributed by atoms with E-state index >= 15 is 0 Å². The fourth-order valence-electron chi connectivity index (χ4n) is 3.64. The van der Waals surface area contributed by atoms with Crippen LogP contribution in [0, 0.1) is 5.92 Å². The predicted molar refractivity (Wildman–Crippen MR) is 112 cm³/mol. The lowest BCUT2D eigenvalue weighted by atomic mass is 10.1. The van der Waals surface area contributed by atoms with Gasteiger partial charge in [-0.15, -0.1) is 0 Å². The highest BCUT2D eigenvalue weighted by Gasteiger charge is 2.37. The second kappa shape index (κ2) is 8.10. The van der Waals surface area contributed by atoms with E-state index in [1.165, 1.54) is 16.9 Å². The van der Waals surface area contributed by atoms with Crippen LogP contribution in [0.3, 0.4) is 0 Å². The molecule has 0 spiro atoms. The summed E-state index contributed by atoms with van der Waals surface area (Å²) in [7, 11) is 0. The predicted octanol–water partition coefficient (Wildman–Crippen LogP) is 3.74. The molecule has 0 N–H and O–H groups in total. The number of likely N-dealkylation sites (tertiary alicyclic amines) is 1. The molecule has 1 atom stereocenters. The van der Waals surface area contributed by atoms with E-state index in [1.807, 2.05) is 54.3 Å². The first-order valence-corrected chi connectivity index (χ1v) is 10.5. The first-order valence-electron chi connectivity index (χ1n) is 9.64. The van der Waals surface area contributed by atoms with Crippen LogP contribution in [-0.2, 0) is 16.0 Å². The number of carbonyl (C=O) groups excluding carboxylic acids is 2. The molecule has 1 aromatic heterocycles. The minimum Gasteiger partial charge on any atom is -0.342 e. The molecule has 1 aliphatic rings. The maximum Gasteiger partial charge on any atom is 0.234 e. The van der Waals surface area contributed by atoms with Crippen molar-refractivity contribution in [3.05, 3.63) is 60.2 Å². The molecule has 0 bridgehead atoms. The lowest BCUT2D eigenvalue weighted by Crippen LogP contribution is -2.37. The van der Waals surface area contributed by atoms with Gasteiger partial charge in [-0.2, -0.15) is 0 Å². The van der Waals surface area contributed by atoms with Crippen molar-refractivity contribution in [3.8, 4) is 0 Å². The van der Waals surface area contributed by atoms with E-state index in [0.717, 1.165) is 16.6 Å². The molecule has 3 aromatic rings. The number of para-hydroxylation sites is 1. The van der Waals surface area contributed by atoms with Gasteiger partial charge in [0.2, 0.25) is 11.8 Å². The van der Waals surface area contributed by atoms with Crippen molar-refractivity contribution in [3.63, 3.8) is 0 Å². The van der Waals surface area contributed by atoms with Gasteiger partial charge >= 0.3 is 0 Å². The Morgan fingerprint density at radius 3 is 2.68 bits per heavy atom. The minimum atomic E-state index is -0.296. The Labute approximate surface area is 168 Å². The van der Waals surface area contributed by atoms with Crippen LogP contribution in [0.4, 0.5) is 5.13 Å². The normalized spacial score (nSPS) is 16.7. The maximum absolute atomic E-state index is 13.1. The molecule has 2 aromatic carbocycles. The summed E-state index contributed by atoms with van der Waals surface area (Å²) in [4.78, 5) is 33.7. The molecule has 0 radical (unpaired) electrons. The molecule has 144 valence electrons. The van der Waals surface area contributed by atoms with Gasteiger partial charge in [-0.25, -0.2) is 4.98 Å². The highest BCUT2D eigenvalue weighted by molar-refractivity contribution is 7.22. The van der Waals surface area contributed by atoms with Gasteiger partial charge < -0.3 is 4.90 Å². The van der Waals surface area contributed by atoms with Gasteiger partial charge in [0.05, 0.1) is 16.1 Å². The van der Waals surface area contributed by atoms with Crippen molar-refractivity contribution >= 4 is 38.5 Å². The SMILES string of the molecule is CCN(C(=O)C1CC(=O)N(CCc2ccccc2)C1)c1nc2ccccc2s1. The Bertz CT molecular complexity index is 953. The van der Waals surface area contributed by atoms with E-state index in [0.29, 0.717) is 24.8 Å². The molecule has 0 aliphatic carbocycles. The van der Waals surface area contributed by atoms with E-state index < -0.39 is 0 Å². The largest absolute Gasteiger partial charge is 0.342 e. The van der Waals surface area contributed by atoms with Crippen LogP contribution in [0.5, 0.6) is 0 Å². The summed E-state index contributed by atoms with van der Waals surface area (Å²) >= 11 is 1.52. The summed E-state index contributed by atoms with van der Waals surface area (Å²) in [6, 6.07) is 18.0. The van der Waals surface area contributed by atoms with Crippen molar-refractivity contribution in [1.82, 2.24) is 9.88 Å². The number of benzene rings is 2. The van der Waals surface area contributed by atoms with Crippen molar-refractivity contribution < 1.29 is 9.59 Å². The minimum absolute atomic E-state index is 0.00267. The Balaban J connectivity index is 1.44. The molecule has 2 amide bonds. The molecule has 1 unspecified atom stereocenters. The average molecular weight is 394 g/mol. The molecule has 1 aliphatic heterocycles. The molecular weight excluding hydrogens is 370 g/mol. The number of rotatable bonds is 6. The van der Waals surface area contributed by atoms with Gasteiger partial charge in [-0.1, -0.05) is 53.8 Å². The summed E-state index contributed by atoms with van der Waals surface area (Å²) in [5.41, 5.74) is 2.11. The van der Waals surface area contributed by atoms with Crippen molar-refractivity contribution in [1.29, 1.82) is 0 Å². The second-order valence-electron chi connectivity index (χ2n) is 7.02. The summed E-state index contributed by atoms with van der Waals surface area (Å²) in [6.45, 7) is 3.65. The molecule has 6 heteroatoms. The standard InChI is InChI=1S/C22H23N3O2S/c1-2-25(22-23-18-10-6-7-11-19(18)28-22)21(27)17-14-20(26)24(15-17)13-12-16-8-4-3-5-9-16/h3-11,17H,2,12-15H2,1H3. The topological polar surface area (TPSA) is 53.5 Å². The lowest BCUT2D eigenvalue weighted by Gasteiger charge is -2.22. The number of thiazole rings is 1. The zero-order valence-corrected chi connectivity index (χ0v) is 16.7. The number of anilines is 1. The van der Waals surface area contributed by atoms with Crippen molar-refractivity contribution in [2.24, 2.45) is 5.92 Å². The van der Waals surface area contributed by atoms with Crippen LogP contribution in [0.25, 0.3) is 10.2 Å². The van der Waals surface area contributed by atoms with Crippen LogP contribution >= 0.6 is 11.3 Å². The van der Waals surface area contributed by atoms with Crippen molar-refractivity contribution in [2.75, 3.05) is 24.5 Å². The van der Waals surface area contributed by atoms with E-state index in [1.54, 1.807) is 4.90 Å². The van der Waals surface area contributed by atoms with Gasteiger partial charge in [0, 0.05) is 26.1 Å². The van der Waals surface area contributed by atoms with Crippen LogP contribution in [0.2, 0.25) is 0 Å². The molecule has 0 saturated carbocycles. The Kier molecular flexibility index (Phi) is 5.39. The molecule has 1 saturated heterocycles. The highest BCUT2D eigenvalue weighted by Crippen LogP contribution is 2.31. The molecule has 2 heterocycles. The third-order valence-electron chi connectivity index (χ3n) is 5.17. The van der Waals surface area contributed by atoms with Gasteiger partial charge in [0.15, 0.2) is 5.13 Å². The molecule has 1 fully saturated rings.